The van der Waals surface area contributed by atoms with Crippen molar-refractivity contribution in [1.82, 2.24) is 5.43 Å². The van der Waals surface area contributed by atoms with Crippen molar-refractivity contribution in [3.05, 3.63) is 64.1 Å². The van der Waals surface area contributed by atoms with Gasteiger partial charge in [-0.05, 0) is 18.2 Å². The predicted molar refractivity (Wildman–Crippen MR) is 95.9 cm³/mol. The molecule has 2 aromatic carbocycles. The number of carbonyl (C=O) groups excluding carboxylic acids is 2. The molecule has 6 N–H and O–H groups in total. The zero-order valence-corrected chi connectivity index (χ0v) is 14.8. The number of carbonyl (C=O) groups is 2. The van der Waals surface area contributed by atoms with Gasteiger partial charge in [-0.3, -0.25) is 15.0 Å². The molecule has 1 atom stereocenters. The Morgan fingerprint density at radius 1 is 1.21 bits per heavy atom. The molecule has 0 bridgehead atoms. The van der Waals surface area contributed by atoms with E-state index in [4.69, 9.17) is 5.84 Å². The van der Waals surface area contributed by atoms with Crippen LogP contribution in [-0.4, -0.2) is 18.4 Å². The first-order valence-corrected chi connectivity index (χ1v) is 8.25. The van der Waals surface area contributed by atoms with E-state index in [1.165, 1.54) is 6.92 Å². The van der Waals surface area contributed by atoms with Gasteiger partial charge in [-0.15, -0.1) is 0 Å². The molecule has 2 amide bonds. The second-order valence-electron chi connectivity index (χ2n) is 5.31. The van der Waals surface area contributed by atoms with Crippen molar-refractivity contribution in [3.63, 3.8) is 0 Å². The van der Waals surface area contributed by atoms with Crippen LogP contribution in [0.2, 0.25) is 0 Å². The first-order chi connectivity index (χ1) is 11.5. The molecule has 0 spiro atoms. The van der Waals surface area contributed by atoms with Crippen molar-refractivity contribution in [3.8, 4) is 0 Å². The standard InChI is InChI=1S/C17H19BrN4O2/c1-11(23)21-15-8-7-13(18)9-14(15)17(20-10-16(24)22-19)12-5-3-2-4-6-12/h2-9,17,20H,10,19H2,1H3,(H,21,23)(H,22,24)/p+1. The van der Waals surface area contributed by atoms with Crippen LogP contribution in [0, 0.1) is 0 Å². The van der Waals surface area contributed by atoms with E-state index in [2.05, 4.69) is 26.7 Å². The van der Waals surface area contributed by atoms with Gasteiger partial charge in [-0.1, -0.05) is 46.3 Å². The summed E-state index contributed by atoms with van der Waals surface area (Å²) in [5.41, 5.74) is 4.76. The fourth-order valence-corrected chi connectivity index (χ4v) is 2.86. The van der Waals surface area contributed by atoms with E-state index in [1.807, 2.05) is 53.8 Å². The summed E-state index contributed by atoms with van der Waals surface area (Å²) in [6.45, 7) is 1.64. The molecule has 2 aromatic rings. The quantitative estimate of drug-likeness (QED) is 0.336. The number of hydrogen-bond donors (Lipinski definition) is 4. The number of quaternary nitrogens is 1. The Balaban J connectivity index is 2.44. The summed E-state index contributed by atoms with van der Waals surface area (Å²) < 4.78 is 0.893. The lowest BCUT2D eigenvalue weighted by molar-refractivity contribution is -0.676. The fourth-order valence-electron chi connectivity index (χ4n) is 2.48. The molecule has 0 saturated heterocycles. The van der Waals surface area contributed by atoms with Crippen LogP contribution in [0.3, 0.4) is 0 Å². The molecular weight excluding hydrogens is 372 g/mol. The lowest BCUT2D eigenvalue weighted by Gasteiger charge is -2.20. The van der Waals surface area contributed by atoms with Crippen molar-refractivity contribution in [1.29, 1.82) is 0 Å². The minimum Gasteiger partial charge on any atom is -0.328 e. The van der Waals surface area contributed by atoms with Crippen LogP contribution in [0.15, 0.2) is 53.0 Å². The molecule has 0 aromatic heterocycles. The molecule has 0 saturated carbocycles. The highest BCUT2D eigenvalue weighted by Gasteiger charge is 2.22. The molecule has 0 radical (unpaired) electrons. The molecule has 7 heteroatoms. The largest absolute Gasteiger partial charge is 0.328 e. The average molecular weight is 392 g/mol. The highest BCUT2D eigenvalue weighted by Crippen LogP contribution is 2.29. The van der Waals surface area contributed by atoms with Gasteiger partial charge in [0.05, 0.1) is 5.69 Å². The van der Waals surface area contributed by atoms with Crippen LogP contribution in [0.25, 0.3) is 0 Å². The van der Waals surface area contributed by atoms with Crippen molar-refractivity contribution >= 4 is 33.4 Å². The van der Waals surface area contributed by atoms with Crippen LogP contribution in [-0.2, 0) is 9.59 Å². The number of halogens is 1. The molecule has 0 fully saturated rings. The number of hydrogen-bond acceptors (Lipinski definition) is 3. The number of hydrazine groups is 1. The number of rotatable bonds is 6. The average Bonchev–Trinajstić information content (AvgIpc) is 2.57. The molecule has 0 aliphatic heterocycles. The van der Waals surface area contributed by atoms with Crippen LogP contribution < -0.4 is 21.9 Å². The van der Waals surface area contributed by atoms with Gasteiger partial charge in [0.2, 0.25) is 5.91 Å². The second kappa shape index (κ2) is 8.58. The zero-order chi connectivity index (χ0) is 17.5. The van der Waals surface area contributed by atoms with E-state index < -0.39 is 0 Å². The molecule has 0 aliphatic carbocycles. The summed E-state index contributed by atoms with van der Waals surface area (Å²) in [5.74, 6) is 4.75. The molecule has 126 valence electrons. The highest BCUT2D eigenvalue weighted by molar-refractivity contribution is 9.10. The van der Waals surface area contributed by atoms with Gasteiger partial charge < -0.3 is 10.6 Å². The van der Waals surface area contributed by atoms with Crippen LogP contribution in [0.5, 0.6) is 0 Å². The minimum absolute atomic E-state index is 0.148. The number of nitrogens with two attached hydrogens (primary N) is 2. The monoisotopic (exact) mass is 391 g/mol. The number of amides is 2. The molecule has 24 heavy (non-hydrogen) atoms. The summed E-state index contributed by atoms with van der Waals surface area (Å²) >= 11 is 3.47. The van der Waals surface area contributed by atoms with E-state index in [0.29, 0.717) is 5.69 Å². The van der Waals surface area contributed by atoms with Crippen molar-refractivity contribution in [2.75, 3.05) is 11.9 Å². The molecule has 0 aliphatic rings. The van der Waals surface area contributed by atoms with Crippen LogP contribution in [0.1, 0.15) is 24.1 Å². The highest BCUT2D eigenvalue weighted by atomic mass is 79.9. The summed E-state index contributed by atoms with van der Waals surface area (Å²) in [6.07, 6.45) is 0. The van der Waals surface area contributed by atoms with Crippen molar-refractivity contribution in [2.45, 2.75) is 13.0 Å². The van der Waals surface area contributed by atoms with E-state index in [0.717, 1.165) is 15.6 Å². The van der Waals surface area contributed by atoms with E-state index in [-0.39, 0.29) is 24.4 Å². The smallest absolute Gasteiger partial charge is 0.288 e. The van der Waals surface area contributed by atoms with Gasteiger partial charge >= 0.3 is 0 Å². The van der Waals surface area contributed by atoms with E-state index in [9.17, 15) is 9.59 Å². The summed E-state index contributed by atoms with van der Waals surface area (Å²) in [6, 6.07) is 15.3. The third kappa shape index (κ3) is 4.89. The summed E-state index contributed by atoms with van der Waals surface area (Å²) in [7, 11) is 0. The Kier molecular flexibility index (Phi) is 6.48. The van der Waals surface area contributed by atoms with Crippen LogP contribution >= 0.6 is 15.9 Å². The minimum atomic E-state index is -0.271. The van der Waals surface area contributed by atoms with Gasteiger partial charge in [0.25, 0.3) is 5.91 Å². The Labute approximate surface area is 148 Å². The lowest BCUT2D eigenvalue weighted by Crippen LogP contribution is -2.88. The van der Waals surface area contributed by atoms with Crippen LogP contribution in [0.4, 0.5) is 5.69 Å². The van der Waals surface area contributed by atoms with Gasteiger partial charge in [0.15, 0.2) is 6.54 Å². The Bertz CT molecular complexity index is 722. The fraction of sp³-hybridized carbons (Fsp3) is 0.176. The predicted octanol–water partition coefficient (Wildman–Crippen LogP) is 1.05. The first kappa shape index (κ1) is 18.1. The zero-order valence-electron chi connectivity index (χ0n) is 13.3. The number of anilines is 1. The van der Waals surface area contributed by atoms with Crippen molar-refractivity contribution < 1.29 is 14.9 Å². The summed E-state index contributed by atoms with van der Waals surface area (Å²) in [5, 5.41) is 4.73. The van der Waals surface area contributed by atoms with Gasteiger partial charge in [-0.25, -0.2) is 5.84 Å². The van der Waals surface area contributed by atoms with Crippen molar-refractivity contribution in [2.24, 2.45) is 5.84 Å². The third-order valence-corrected chi connectivity index (χ3v) is 4.01. The Morgan fingerprint density at radius 2 is 1.92 bits per heavy atom. The van der Waals surface area contributed by atoms with Gasteiger partial charge in [-0.2, -0.15) is 0 Å². The topological polar surface area (TPSA) is 101 Å². The lowest BCUT2D eigenvalue weighted by atomic mass is 9.97. The summed E-state index contributed by atoms with van der Waals surface area (Å²) in [4.78, 5) is 23.1. The molecule has 6 nitrogen and oxygen atoms in total. The third-order valence-electron chi connectivity index (χ3n) is 3.52. The number of nitrogens with one attached hydrogen (secondary N) is 2. The van der Waals surface area contributed by atoms with E-state index >= 15 is 0 Å². The van der Waals surface area contributed by atoms with Gasteiger partial charge in [0, 0.05) is 22.5 Å². The molecule has 0 heterocycles. The molecule has 1 unspecified atom stereocenters. The Morgan fingerprint density at radius 3 is 2.54 bits per heavy atom. The normalized spacial score (nSPS) is 11.6. The molecular formula is C17H20BrN4O2+. The SMILES string of the molecule is CC(=O)Nc1ccc(Br)cc1C([NH2+]CC(=O)NN)c1ccccc1. The maximum atomic E-state index is 11.6. The maximum Gasteiger partial charge on any atom is 0.288 e. The first-order valence-electron chi connectivity index (χ1n) is 7.46. The second-order valence-corrected chi connectivity index (χ2v) is 6.22. The van der Waals surface area contributed by atoms with E-state index in [1.54, 1.807) is 0 Å². The molecule has 2 rings (SSSR count). The Hall–Kier alpha value is -2.22. The van der Waals surface area contributed by atoms with Gasteiger partial charge in [0.1, 0.15) is 6.04 Å². The maximum absolute atomic E-state index is 11.6. The number of benzene rings is 2.